The van der Waals surface area contributed by atoms with Crippen molar-refractivity contribution in [1.29, 1.82) is 0 Å². The molecule has 1 aliphatic rings. The van der Waals surface area contributed by atoms with E-state index in [2.05, 4.69) is 21.4 Å². The van der Waals surface area contributed by atoms with Gasteiger partial charge in [0, 0.05) is 6.42 Å². The van der Waals surface area contributed by atoms with Gasteiger partial charge in [-0.3, -0.25) is 0 Å². The van der Waals surface area contributed by atoms with Gasteiger partial charge in [0.1, 0.15) is 0 Å². The van der Waals surface area contributed by atoms with Gasteiger partial charge in [-0.1, -0.05) is 23.5 Å². The Kier molecular flexibility index (Phi) is 2.85. The lowest BCUT2D eigenvalue weighted by atomic mass is 10.1. The fourth-order valence-corrected chi connectivity index (χ4v) is 4.15. The molecule has 0 fully saturated rings. The van der Waals surface area contributed by atoms with Crippen LogP contribution in [0.4, 0.5) is 0 Å². The van der Waals surface area contributed by atoms with E-state index >= 15 is 0 Å². The Morgan fingerprint density at radius 1 is 1.13 bits per heavy atom. The third kappa shape index (κ3) is 2.18. The van der Waals surface area contributed by atoms with E-state index in [9.17, 15) is 0 Å². The number of rotatable bonds is 3. The van der Waals surface area contributed by atoms with Crippen LogP contribution in [0, 0.1) is 0 Å². The molecule has 0 spiro atoms. The Labute approximate surface area is 138 Å². The molecule has 4 aromatic rings. The second kappa shape index (κ2) is 5.04. The Balaban J connectivity index is 1.50. The van der Waals surface area contributed by atoms with E-state index in [1.165, 1.54) is 0 Å². The maximum absolute atomic E-state index is 5.42. The first kappa shape index (κ1) is 13.0. The fraction of sp³-hybridized carbons (Fsp3) is 0.133. The highest BCUT2D eigenvalue weighted by atomic mass is 32.1. The molecular formula is C15H10N4O2S2. The number of thiophene rings is 1. The zero-order chi connectivity index (χ0) is 15.2. The normalized spacial score (nSPS) is 13.0. The topological polar surface area (TPSA) is 61.5 Å². The van der Waals surface area contributed by atoms with Crippen LogP contribution in [0.3, 0.4) is 0 Å². The van der Waals surface area contributed by atoms with Crippen molar-refractivity contribution < 1.29 is 9.47 Å². The molecule has 1 aromatic carbocycles. The molecule has 3 aromatic heterocycles. The summed E-state index contributed by atoms with van der Waals surface area (Å²) < 4.78 is 12.6. The van der Waals surface area contributed by atoms with Crippen LogP contribution >= 0.6 is 22.7 Å². The number of aromatic nitrogens is 4. The molecule has 0 radical (unpaired) electrons. The molecule has 1 aliphatic heterocycles. The van der Waals surface area contributed by atoms with Crippen LogP contribution in [-0.2, 0) is 6.42 Å². The van der Waals surface area contributed by atoms with Crippen LogP contribution in [0.2, 0.25) is 0 Å². The average molecular weight is 342 g/mol. The monoisotopic (exact) mass is 342 g/mol. The summed E-state index contributed by atoms with van der Waals surface area (Å²) in [6, 6.07) is 10.0. The van der Waals surface area contributed by atoms with Crippen LogP contribution < -0.4 is 9.47 Å². The molecule has 23 heavy (non-hydrogen) atoms. The highest BCUT2D eigenvalue weighted by molar-refractivity contribution is 7.23. The number of benzene rings is 1. The summed E-state index contributed by atoms with van der Waals surface area (Å²) in [6.45, 7) is 0.282. The van der Waals surface area contributed by atoms with Crippen molar-refractivity contribution in [3.8, 4) is 21.4 Å². The van der Waals surface area contributed by atoms with E-state index in [1.54, 1.807) is 22.7 Å². The Morgan fingerprint density at radius 2 is 2.09 bits per heavy atom. The summed E-state index contributed by atoms with van der Waals surface area (Å²) in [7, 11) is 0. The molecular weight excluding hydrogens is 332 g/mol. The van der Waals surface area contributed by atoms with Crippen molar-refractivity contribution in [1.82, 2.24) is 19.8 Å². The molecule has 0 atom stereocenters. The molecule has 6 nitrogen and oxygen atoms in total. The lowest BCUT2D eigenvalue weighted by Gasteiger charge is -2.01. The molecule has 4 heterocycles. The van der Waals surface area contributed by atoms with Crippen LogP contribution in [0.5, 0.6) is 11.5 Å². The van der Waals surface area contributed by atoms with Gasteiger partial charge in [0.05, 0.1) is 4.88 Å². The summed E-state index contributed by atoms with van der Waals surface area (Å²) in [5.74, 6) is 2.38. The van der Waals surface area contributed by atoms with Gasteiger partial charge in [0.2, 0.25) is 11.8 Å². The largest absolute Gasteiger partial charge is 0.454 e. The van der Waals surface area contributed by atoms with Gasteiger partial charge in [0.25, 0.3) is 0 Å². The fourth-order valence-electron chi connectivity index (χ4n) is 2.50. The van der Waals surface area contributed by atoms with Crippen molar-refractivity contribution in [2.24, 2.45) is 0 Å². The highest BCUT2D eigenvalue weighted by Crippen LogP contribution is 2.33. The van der Waals surface area contributed by atoms with Crippen LogP contribution in [0.1, 0.15) is 11.4 Å². The van der Waals surface area contributed by atoms with Gasteiger partial charge in [-0.25, -0.2) is 0 Å². The van der Waals surface area contributed by atoms with Crippen LogP contribution in [0.25, 0.3) is 14.8 Å². The second-order valence-corrected chi connectivity index (χ2v) is 6.96. The Hall–Kier alpha value is -2.45. The van der Waals surface area contributed by atoms with E-state index in [1.807, 2.05) is 34.2 Å². The third-order valence-electron chi connectivity index (χ3n) is 3.59. The second-order valence-electron chi connectivity index (χ2n) is 5.06. The standard InChI is InChI=1S/C15H10N4O2S2/c1-2-12(22-5-1)14-18-19-13(16-17-15(19)23-14)7-9-3-4-10-11(6-9)21-8-20-10/h1-6H,7-8H2. The zero-order valence-corrected chi connectivity index (χ0v) is 13.4. The van der Waals surface area contributed by atoms with Crippen molar-refractivity contribution in [3.63, 3.8) is 0 Å². The predicted molar refractivity (Wildman–Crippen MR) is 87.3 cm³/mol. The van der Waals surface area contributed by atoms with Gasteiger partial charge in [-0.15, -0.1) is 21.5 Å². The van der Waals surface area contributed by atoms with E-state index in [0.717, 1.165) is 37.7 Å². The smallest absolute Gasteiger partial charge is 0.235 e. The molecule has 5 rings (SSSR count). The molecule has 0 bridgehead atoms. The number of fused-ring (bicyclic) bond motifs is 2. The van der Waals surface area contributed by atoms with Crippen molar-refractivity contribution in [2.75, 3.05) is 6.79 Å². The van der Waals surface area contributed by atoms with Crippen molar-refractivity contribution in [2.45, 2.75) is 6.42 Å². The predicted octanol–water partition coefficient (Wildman–Crippen LogP) is 3.23. The minimum Gasteiger partial charge on any atom is -0.454 e. The minimum atomic E-state index is 0.282. The van der Waals surface area contributed by atoms with Gasteiger partial charge in [-0.05, 0) is 29.1 Å². The zero-order valence-electron chi connectivity index (χ0n) is 11.8. The SMILES string of the molecule is c1csc(-c2nn3c(Cc4ccc5c(c4)OCO5)nnc3s2)c1. The summed E-state index contributed by atoms with van der Waals surface area (Å²) in [5, 5.41) is 16.2. The molecule has 0 saturated heterocycles. The minimum absolute atomic E-state index is 0.282. The maximum Gasteiger partial charge on any atom is 0.235 e. The molecule has 8 heteroatoms. The van der Waals surface area contributed by atoms with E-state index in [0.29, 0.717) is 6.42 Å². The van der Waals surface area contributed by atoms with E-state index in [4.69, 9.17) is 9.47 Å². The average Bonchev–Trinajstić information content (AvgIpc) is 3.32. The van der Waals surface area contributed by atoms with Crippen LogP contribution in [-0.4, -0.2) is 26.6 Å². The summed E-state index contributed by atoms with van der Waals surface area (Å²) in [6.07, 6.45) is 0.644. The maximum atomic E-state index is 5.42. The number of hydrogen-bond donors (Lipinski definition) is 0. The Morgan fingerprint density at radius 3 is 3.00 bits per heavy atom. The first-order valence-corrected chi connectivity index (χ1v) is 8.70. The lowest BCUT2D eigenvalue weighted by Crippen LogP contribution is -1.97. The Bertz CT molecular complexity index is 990. The summed E-state index contributed by atoms with van der Waals surface area (Å²) in [5.41, 5.74) is 1.09. The molecule has 0 unspecified atom stereocenters. The van der Waals surface area contributed by atoms with E-state index in [-0.39, 0.29) is 6.79 Å². The van der Waals surface area contributed by atoms with Crippen molar-refractivity contribution in [3.05, 3.63) is 47.1 Å². The summed E-state index contributed by atoms with van der Waals surface area (Å²) >= 11 is 3.22. The van der Waals surface area contributed by atoms with Crippen LogP contribution in [0.15, 0.2) is 35.7 Å². The first-order chi connectivity index (χ1) is 11.4. The lowest BCUT2D eigenvalue weighted by molar-refractivity contribution is 0.174. The van der Waals surface area contributed by atoms with Gasteiger partial charge < -0.3 is 9.47 Å². The summed E-state index contributed by atoms with van der Waals surface area (Å²) in [4.78, 5) is 1.96. The molecule has 114 valence electrons. The van der Waals surface area contributed by atoms with Crippen molar-refractivity contribution >= 4 is 27.6 Å². The quantitative estimate of drug-likeness (QED) is 0.572. The van der Waals surface area contributed by atoms with Gasteiger partial charge in [0.15, 0.2) is 22.3 Å². The van der Waals surface area contributed by atoms with E-state index < -0.39 is 0 Å². The molecule has 0 N–H and O–H groups in total. The molecule has 0 aliphatic carbocycles. The molecule has 0 saturated carbocycles. The first-order valence-electron chi connectivity index (χ1n) is 7.00. The molecule has 0 amide bonds. The number of hydrogen-bond acceptors (Lipinski definition) is 7. The van der Waals surface area contributed by atoms with Gasteiger partial charge >= 0.3 is 0 Å². The number of ether oxygens (including phenoxy) is 2. The van der Waals surface area contributed by atoms with Gasteiger partial charge in [-0.2, -0.15) is 9.61 Å². The third-order valence-corrected chi connectivity index (χ3v) is 5.52. The highest BCUT2D eigenvalue weighted by Gasteiger charge is 2.17. The number of nitrogens with zero attached hydrogens (tertiary/aromatic N) is 4.